The van der Waals surface area contributed by atoms with Crippen LogP contribution in [0.4, 0.5) is 13.2 Å². The highest BCUT2D eigenvalue weighted by atomic mass is 19.2. The highest BCUT2D eigenvalue weighted by Gasteiger charge is 2.24. The molecular weight excluding hydrogens is 233 g/mol. The van der Waals surface area contributed by atoms with Gasteiger partial charge in [-0.2, -0.15) is 4.39 Å². The lowest BCUT2D eigenvalue weighted by Gasteiger charge is -2.20. The molecule has 0 spiro atoms. The normalized spacial score (nSPS) is 12.2. The van der Waals surface area contributed by atoms with Crippen molar-refractivity contribution < 1.29 is 22.6 Å². The summed E-state index contributed by atoms with van der Waals surface area (Å²) in [7, 11) is 0. The maximum atomic E-state index is 13.4. The topological polar surface area (TPSA) is 18.5 Å². The summed E-state index contributed by atoms with van der Waals surface area (Å²) < 4.78 is 49.7. The maximum absolute atomic E-state index is 13.4. The second-order valence-electron chi connectivity index (χ2n) is 3.48. The number of fused-ring (bicyclic) bond motifs is 2. The molecule has 86 valence electrons. The van der Waals surface area contributed by atoms with Crippen LogP contribution >= 0.6 is 0 Å². The summed E-state index contributed by atoms with van der Waals surface area (Å²) in [6, 6.07) is 5.69. The fourth-order valence-electron chi connectivity index (χ4n) is 1.56. The van der Waals surface area contributed by atoms with Crippen molar-refractivity contribution in [3.8, 4) is 23.0 Å². The van der Waals surface area contributed by atoms with Crippen LogP contribution in [0.1, 0.15) is 0 Å². The van der Waals surface area contributed by atoms with E-state index >= 15 is 0 Å². The van der Waals surface area contributed by atoms with Crippen molar-refractivity contribution in [3.05, 3.63) is 47.8 Å². The van der Waals surface area contributed by atoms with Gasteiger partial charge in [-0.15, -0.1) is 0 Å². The van der Waals surface area contributed by atoms with E-state index in [0.29, 0.717) is 0 Å². The zero-order valence-corrected chi connectivity index (χ0v) is 8.34. The van der Waals surface area contributed by atoms with E-state index in [4.69, 9.17) is 9.47 Å². The van der Waals surface area contributed by atoms with Gasteiger partial charge in [0.2, 0.25) is 11.6 Å². The molecule has 17 heavy (non-hydrogen) atoms. The first kappa shape index (κ1) is 10.0. The van der Waals surface area contributed by atoms with Gasteiger partial charge < -0.3 is 9.47 Å². The lowest BCUT2D eigenvalue weighted by molar-refractivity contribution is 0.331. The van der Waals surface area contributed by atoms with E-state index in [0.717, 1.165) is 18.2 Å². The van der Waals surface area contributed by atoms with Crippen LogP contribution in [0, 0.1) is 17.5 Å². The zero-order chi connectivity index (χ0) is 12.0. The van der Waals surface area contributed by atoms with Gasteiger partial charge in [0.15, 0.2) is 23.1 Å². The lowest BCUT2D eigenvalue weighted by Crippen LogP contribution is -2.02. The lowest BCUT2D eigenvalue weighted by atomic mass is 10.2. The van der Waals surface area contributed by atoms with Crippen molar-refractivity contribution in [3.63, 3.8) is 0 Å². The summed E-state index contributed by atoms with van der Waals surface area (Å²) in [6.45, 7) is 0. The fraction of sp³-hybridized carbons (Fsp3) is 0. The molecule has 0 saturated carbocycles. The molecule has 2 nitrogen and oxygen atoms in total. The van der Waals surface area contributed by atoms with E-state index in [1.165, 1.54) is 12.1 Å². The molecule has 1 aliphatic rings. The number of ether oxygens (including phenoxy) is 2. The number of hydrogen-bond acceptors (Lipinski definition) is 2. The molecule has 2 aromatic rings. The Hall–Kier alpha value is -2.17. The minimum absolute atomic E-state index is 0.0157. The van der Waals surface area contributed by atoms with Crippen molar-refractivity contribution in [1.29, 1.82) is 0 Å². The van der Waals surface area contributed by atoms with Crippen molar-refractivity contribution >= 4 is 0 Å². The Kier molecular flexibility index (Phi) is 2.01. The number of rotatable bonds is 0. The molecule has 1 aliphatic heterocycles. The van der Waals surface area contributed by atoms with Gasteiger partial charge in [0.1, 0.15) is 5.82 Å². The minimum atomic E-state index is -1.13. The summed E-state index contributed by atoms with van der Waals surface area (Å²) in [4.78, 5) is 0. The largest absolute Gasteiger partial charge is 0.449 e. The van der Waals surface area contributed by atoms with E-state index in [1.54, 1.807) is 0 Å². The molecule has 0 bridgehead atoms. The first-order valence-electron chi connectivity index (χ1n) is 4.78. The first-order chi connectivity index (χ1) is 8.15. The van der Waals surface area contributed by atoms with Crippen LogP contribution in [-0.2, 0) is 0 Å². The Morgan fingerprint density at radius 2 is 1.53 bits per heavy atom. The third kappa shape index (κ3) is 1.51. The molecule has 0 fully saturated rings. The van der Waals surface area contributed by atoms with Crippen LogP contribution in [0.5, 0.6) is 23.0 Å². The minimum Gasteiger partial charge on any atom is -0.449 e. The van der Waals surface area contributed by atoms with E-state index in [-0.39, 0.29) is 23.0 Å². The van der Waals surface area contributed by atoms with Gasteiger partial charge in [-0.25, -0.2) is 8.78 Å². The Bertz CT molecular complexity index is 611. The predicted molar refractivity (Wildman–Crippen MR) is 52.9 cm³/mol. The van der Waals surface area contributed by atoms with Gasteiger partial charge in [-0.1, -0.05) is 0 Å². The van der Waals surface area contributed by atoms with E-state index < -0.39 is 17.5 Å². The molecule has 5 heteroatoms. The smallest absolute Gasteiger partial charge is 0.208 e. The van der Waals surface area contributed by atoms with Crippen LogP contribution in [0.2, 0.25) is 0 Å². The molecule has 1 heterocycles. The summed E-state index contributed by atoms with van der Waals surface area (Å²) in [5.41, 5.74) is 0. The average molecular weight is 238 g/mol. The van der Waals surface area contributed by atoms with Crippen LogP contribution in [-0.4, -0.2) is 0 Å². The van der Waals surface area contributed by atoms with Crippen LogP contribution in [0.3, 0.4) is 0 Å². The molecule has 0 radical (unpaired) electrons. The predicted octanol–water partition coefficient (Wildman–Crippen LogP) is 4.00. The number of benzene rings is 2. The van der Waals surface area contributed by atoms with Crippen molar-refractivity contribution in [2.24, 2.45) is 0 Å². The Morgan fingerprint density at radius 1 is 0.765 bits per heavy atom. The van der Waals surface area contributed by atoms with Crippen LogP contribution in [0.25, 0.3) is 0 Å². The van der Waals surface area contributed by atoms with Crippen molar-refractivity contribution in [2.75, 3.05) is 0 Å². The third-order valence-corrected chi connectivity index (χ3v) is 2.35. The number of halogens is 3. The van der Waals surface area contributed by atoms with Gasteiger partial charge >= 0.3 is 0 Å². The standard InChI is InChI=1S/C12H5F3O2/c13-6-1-3-8-10(5-6)16-9-4-2-7(14)11(15)12(9)17-8/h1-5H. The first-order valence-corrected chi connectivity index (χ1v) is 4.78. The van der Waals surface area contributed by atoms with Gasteiger partial charge in [-0.05, 0) is 24.3 Å². The molecule has 3 rings (SSSR count). The Morgan fingerprint density at radius 3 is 2.35 bits per heavy atom. The summed E-state index contributed by atoms with van der Waals surface area (Å²) in [5, 5.41) is 0. The van der Waals surface area contributed by atoms with Gasteiger partial charge in [0.25, 0.3) is 0 Å². The van der Waals surface area contributed by atoms with Crippen LogP contribution in [0.15, 0.2) is 30.3 Å². The van der Waals surface area contributed by atoms with Gasteiger partial charge in [0.05, 0.1) is 0 Å². The quantitative estimate of drug-likeness (QED) is 0.589. The van der Waals surface area contributed by atoms with Crippen molar-refractivity contribution in [1.82, 2.24) is 0 Å². The van der Waals surface area contributed by atoms with Crippen LogP contribution < -0.4 is 9.47 Å². The fourth-order valence-corrected chi connectivity index (χ4v) is 1.56. The third-order valence-electron chi connectivity index (χ3n) is 2.35. The Balaban J connectivity index is 2.14. The molecule has 0 amide bonds. The molecule has 0 N–H and O–H groups in total. The highest BCUT2D eigenvalue weighted by Crippen LogP contribution is 2.46. The molecule has 2 aromatic carbocycles. The summed E-state index contributed by atoms with van der Waals surface area (Å²) in [6.07, 6.45) is 0. The van der Waals surface area contributed by atoms with Gasteiger partial charge in [-0.3, -0.25) is 0 Å². The maximum Gasteiger partial charge on any atom is 0.208 e. The Labute approximate surface area is 94.2 Å². The second kappa shape index (κ2) is 3.41. The molecular formula is C12H5F3O2. The van der Waals surface area contributed by atoms with E-state index in [2.05, 4.69) is 0 Å². The molecule has 0 aliphatic carbocycles. The zero-order valence-electron chi connectivity index (χ0n) is 8.34. The monoisotopic (exact) mass is 238 g/mol. The van der Waals surface area contributed by atoms with E-state index in [1.807, 2.05) is 0 Å². The molecule has 0 unspecified atom stereocenters. The SMILES string of the molecule is Fc1ccc2c(c1)Oc1ccc(F)c(F)c1O2. The van der Waals surface area contributed by atoms with E-state index in [9.17, 15) is 13.2 Å². The summed E-state index contributed by atoms with van der Waals surface area (Å²) in [5.74, 6) is -2.70. The highest BCUT2D eigenvalue weighted by molar-refractivity contribution is 5.54. The van der Waals surface area contributed by atoms with Crippen molar-refractivity contribution in [2.45, 2.75) is 0 Å². The number of hydrogen-bond donors (Lipinski definition) is 0. The summed E-state index contributed by atoms with van der Waals surface area (Å²) >= 11 is 0. The molecule has 0 saturated heterocycles. The average Bonchev–Trinajstić information content (AvgIpc) is 2.32. The molecule has 0 aromatic heterocycles. The second-order valence-corrected chi connectivity index (χ2v) is 3.48. The molecule has 0 atom stereocenters. The van der Waals surface area contributed by atoms with Gasteiger partial charge in [0, 0.05) is 6.07 Å².